The van der Waals surface area contributed by atoms with Gasteiger partial charge in [0.25, 0.3) is 0 Å². The number of carboxylic acids is 1. The average molecular weight is 479 g/mol. The van der Waals surface area contributed by atoms with Crippen molar-refractivity contribution < 1.29 is 24.5 Å². The van der Waals surface area contributed by atoms with E-state index in [2.05, 4.69) is 20.2 Å². The summed E-state index contributed by atoms with van der Waals surface area (Å²) >= 11 is 0. The van der Waals surface area contributed by atoms with Crippen LogP contribution in [0.4, 0.5) is 11.6 Å². The number of aliphatic hydroxyl groups is 1. The molecule has 0 radical (unpaired) electrons. The van der Waals surface area contributed by atoms with Crippen LogP contribution in [0.1, 0.15) is 37.1 Å². The summed E-state index contributed by atoms with van der Waals surface area (Å²) < 4.78 is 12.0. The zero-order chi connectivity index (χ0) is 24.6. The van der Waals surface area contributed by atoms with Gasteiger partial charge in [-0.3, -0.25) is 9.78 Å². The molecule has 2 atom stereocenters. The third-order valence-corrected chi connectivity index (χ3v) is 5.70. The minimum atomic E-state index is -1.01. The van der Waals surface area contributed by atoms with E-state index in [1.807, 2.05) is 31.2 Å². The van der Waals surface area contributed by atoms with Gasteiger partial charge in [-0.2, -0.15) is 0 Å². The molecule has 9 nitrogen and oxygen atoms in total. The number of hydrogen-bond donors (Lipinski definition) is 3. The Balaban J connectivity index is 1.39. The molecule has 0 saturated carbocycles. The third-order valence-electron chi connectivity index (χ3n) is 5.70. The summed E-state index contributed by atoms with van der Waals surface area (Å²) in [6.07, 6.45) is 4.06. The van der Waals surface area contributed by atoms with Crippen molar-refractivity contribution in [1.29, 1.82) is 0 Å². The van der Waals surface area contributed by atoms with E-state index in [4.69, 9.17) is 14.6 Å². The molecule has 3 aromatic rings. The molecule has 1 saturated heterocycles. The van der Waals surface area contributed by atoms with Crippen molar-refractivity contribution >= 4 is 17.6 Å². The molecule has 0 spiro atoms. The maximum atomic E-state index is 10.8. The Bertz CT molecular complexity index is 1120. The van der Waals surface area contributed by atoms with Crippen molar-refractivity contribution in [3.8, 4) is 11.5 Å². The second kappa shape index (κ2) is 11.5. The second-order valence-electron chi connectivity index (χ2n) is 8.33. The fraction of sp³-hybridized carbons (Fsp3) is 0.346. The topological polar surface area (TPSA) is 117 Å². The van der Waals surface area contributed by atoms with Crippen molar-refractivity contribution in [2.75, 3.05) is 29.9 Å². The predicted molar refractivity (Wildman–Crippen MR) is 132 cm³/mol. The summed E-state index contributed by atoms with van der Waals surface area (Å²) in [6.45, 7) is 4.01. The van der Waals surface area contributed by atoms with E-state index in [0.717, 1.165) is 30.9 Å². The van der Waals surface area contributed by atoms with Crippen LogP contribution in [0.15, 0.2) is 60.9 Å². The first-order valence-electron chi connectivity index (χ1n) is 11.7. The first-order chi connectivity index (χ1) is 17.0. The number of nitrogens with one attached hydrogen (secondary N) is 1. The molecule has 35 heavy (non-hydrogen) atoms. The van der Waals surface area contributed by atoms with Gasteiger partial charge in [0.05, 0.1) is 32.0 Å². The second-order valence-corrected chi connectivity index (χ2v) is 8.33. The number of benzene rings is 2. The Morgan fingerprint density at radius 2 is 1.94 bits per heavy atom. The molecule has 1 aliphatic rings. The van der Waals surface area contributed by atoms with Gasteiger partial charge >= 0.3 is 5.97 Å². The van der Waals surface area contributed by atoms with Gasteiger partial charge < -0.3 is 29.9 Å². The minimum absolute atomic E-state index is 0.0151. The quantitative estimate of drug-likeness (QED) is 0.375. The maximum absolute atomic E-state index is 10.8. The fourth-order valence-electron chi connectivity index (χ4n) is 4.04. The Morgan fingerprint density at radius 1 is 1.17 bits per heavy atom. The Hall–Kier alpha value is -3.85. The maximum Gasteiger partial charge on any atom is 0.307 e. The minimum Gasteiger partial charge on any atom is -0.490 e. The molecule has 1 aliphatic heterocycles. The third kappa shape index (κ3) is 6.60. The van der Waals surface area contributed by atoms with Crippen molar-refractivity contribution in [3.05, 3.63) is 72.1 Å². The van der Waals surface area contributed by atoms with E-state index in [9.17, 15) is 9.90 Å². The number of anilines is 2. The summed E-state index contributed by atoms with van der Waals surface area (Å²) in [4.78, 5) is 21.9. The number of aliphatic hydroxyl groups excluding tert-OH is 1. The van der Waals surface area contributed by atoms with Crippen LogP contribution < -0.4 is 19.7 Å². The zero-order valence-corrected chi connectivity index (χ0v) is 19.6. The smallest absolute Gasteiger partial charge is 0.307 e. The van der Waals surface area contributed by atoms with Crippen molar-refractivity contribution in [2.45, 2.75) is 38.5 Å². The molecule has 4 rings (SSSR count). The van der Waals surface area contributed by atoms with Gasteiger partial charge in [0.15, 0.2) is 17.7 Å². The molecule has 0 amide bonds. The summed E-state index contributed by atoms with van der Waals surface area (Å²) in [5.74, 6) is 1.72. The van der Waals surface area contributed by atoms with Crippen LogP contribution in [0, 0.1) is 0 Å². The molecular weight excluding hydrogens is 448 g/mol. The number of aliphatic carboxylic acids is 1. The molecule has 0 aliphatic carbocycles. The molecule has 2 aromatic carbocycles. The normalized spacial score (nSPS) is 16.4. The van der Waals surface area contributed by atoms with Gasteiger partial charge in [-0.15, -0.1) is 0 Å². The molecule has 9 heteroatoms. The monoisotopic (exact) mass is 478 g/mol. The lowest BCUT2D eigenvalue weighted by atomic mass is 10.1. The summed E-state index contributed by atoms with van der Waals surface area (Å²) in [5.41, 5.74) is 1.27. The van der Waals surface area contributed by atoms with Gasteiger partial charge in [-0.1, -0.05) is 36.4 Å². The first-order valence-corrected chi connectivity index (χ1v) is 11.7. The number of carboxylic acid groups (broad SMARTS) is 1. The lowest BCUT2D eigenvalue weighted by Gasteiger charge is -2.34. The number of carbonyl (C=O) groups is 1. The number of rotatable bonds is 10. The van der Waals surface area contributed by atoms with E-state index < -0.39 is 12.2 Å². The summed E-state index contributed by atoms with van der Waals surface area (Å²) in [7, 11) is 0. The zero-order valence-electron chi connectivity index (χ0n) is 19.6. The predicted octanol–water partition coefficient (Wildman–Crippen LogP) is 3.65. The number of hydrogen-bond acceptors (Lipinski definition) is 8. The number of nitrogens with zero attached hydrogens (tertiary/aromatic N) is 3. The molecule has 0 bridgehead atoms. The number of piperidine rings is 1. The molecule has 0 unspecified atom stereocenters. The van der Waals surface area contributed by atoms with Crippen LogP contribution in [0.5, 0.6) is 11.5 Å². The standard InChI is InChI=1S/C26H30N4O5/c1-2-34-21-7-3-4-8-22(21)35-20-6-5-13-30(17-20)24-16-27-15-23(28-24)29-26(33)19-11-9-18(10-12-19)14-25(31)32/h3-4,7-12,15-16,20,26,33H,2,5-6,13-14,17H2,1H3,(H,28,29)(H,31,32)/t20-,26-/m1/s1. The lowest BCUT2D eigenvalue weighted by Crippen LogP contribution is -2.41. The van der Waals surface area contributed by atoms with E-state index in [1.165, 1.54) is 0 Å². The van der Waals surface area contributed by atoms with Gasteiger partial charge in [0, 0.05) is 12.1 Å². The van der Waals surface area contributed by atoms with Gasteiger partial charge in [-0.25, -0.2) is 4.98 Å². The summed E-state index contributed by atoms with van der Waals surface area (Å²) in [6, 6.07) is 14.5. The molecule has 1 fully saturated rings. The lowest BCUT2D eigenvalue weighted by molar-refractivity contribution is -0.136. The molecule has 184 valence electrons. The Labute approximate surface area is 204 Å². The number of para-hydroxylation sites is 2. The number of aromatic nitrogens is 2. The van der Waals surface area contributed by atoms with E-state index in [1.54, 1.807) is 36.7 Å². The van der Waals surface area contributed by atoms with Gasteiger partial charge in [0.2, 0.25) is 0 Å². The molecule has 1 aromatic heterocycles. The van der Waals surface area contributed by atoms with Crippen molar-refractivity contribution in [3.63, 3.8) is 0 Å². The van der Waals surface area contributed by atoms with Gasteiger partial charge in [-0.05, 0) is 37.5 Å². The molecular formula is C26H30N4O5. The van der Waals surface area contributed by atoms with E-state index >= 15 is 0 Å². The highest BCUT2D eigenvalue weighted by Crippen LogP contribution is 2.30. The highest BCUT2D eigenvalue weighted by molar-refractivity contribution is 5.70. The molecule has 2 heterocycles. The SMILES string of the molecule is CCOc1ccccc1O[C@@H]1CCCN(c2cncc(N[C@H](O)c3ccc(CC(=O)O)cc3)n2)C1. The van der Waals surface area contributed by atoms with Crippen LogP contribution in [0.3, 0.4) is 0 Å². The highest BCUT2D eigenvalue weighted by atomic mass is 16.5. The average Bonchev–Trinajstić information content (AvgIpc) is 2.86. The van der Waals surface area contributed by atoms with Crippen LogP contribution in [-0.2, 0) is 11.2 Å². The number of ether oxygens (including phenoxy) is 2. The first kappa shape index (κ1) is 24.3. The van der Waals surface area contributed by atoms with Crippen LogP contribution in [0.2, 0.25) is 0 Å². The fourth-order valence-corrected chi connectivity index (χ4v) is 4.04. The van der Waals surface area contributed by atoms with Crippen LogP contribution >= 0.6 is 0 Å². The molecule has 3 N–H and O–H groups in total. The highest BCUT2D eigenvalue weighted by Gasteiger charge is 2.24. The van der Waals surface area contributed by atoms with E-state index in [-0.39, 0.29) is 12.5 Å². The van der Waals surface area contributed by atoms with Crippen molar-refractivity contribution in [2.24, 2.45) is 0 Å². The summed E-state index contributed by atoms with van der Waals surface area (Å²) in [5, 5.41) is 22.4. The Morgan fingerprint density at radius 3 is 2.69 bits per heavy atom. The van der Waals surface area contributed by atoms with Gasteiger partial charge in [0.1, 0.15) is 17.7 Å². The van der Waals surface area contributed by atoms with E-state index in [0.29, 0.717) is 35.9 Å². The van der Waals surface area contributed by atoms with Crippen LogP contribution in [-0.4, -0.2) is 52.0 Å². The Kier molecular flexibility index (Phi) is 7.99. The van der Waals surface area contributed by atoms with Crippen molar-refractivity contribution in [1.82, 2.24) is 9.97 Å². The van der Waals surface area contributed by atoms with Crippen LogP contribution in [0.25, 0.3) is 0 Å². The largest absolute Gasteiger partial charge is 0.490 e.